The van der Waals surface area contributed by atoms with Crippen LogP contribution in [0.3, 0.4) is 0 Å². The van der Waals surface area contributed by atoms with Gasteiger partial charge in [-0.15, -0.1) is 0 Å². The molecule has 0 aromatic carbocycles. The molecular formula is C24H36O5. The number of hydrogen-bond donors (Lipinski definition) is 1. The molecule has 1 N–H and O–H groups in total. The molecule has 5 heteroatoms. The second-order valence-corrected chi connectivity index (χ2v) is 8.56. The first kappa shape index (κ1) is 15.2. The Hall–Kier alpha value is -1.62. The number of esters is 2. The van der Waals surface area contributed by atoms with Crippen LogP contribution in [0.1, 0.15) is 74.3 Å². The van der Waals surface area contributed by atoms with Crippen molar-refractivity contribution in [1.82, 2.24) is 0 Å². The number of carbonyl (C=O) groups is 2. The standard InChI is InChI=1S/C24H36O5/c1-5-15(3)24(27)29-21-11-14(2)10-17-7-6-16(4)20(23(17)21)9-8-19-12-18(25)13-22(26)28-19/h6-7,10,14-16,18-21,23,25H,5,8-9,11-13H2,1-4H3/t14-,15-,16-,18+,19?,20-,21-,23-/m0/s1/i3D3,13D2,15D. The molecule has 3 rings (SSSR count). The zero-order valence-corrected chi connectivity index (χ0v) is 17.4. The Bertz CT molecular complexity index is 884. The van der Waals surface area contributed by atoms with Crippen molar-refractivity contribution < 1.29 is 32.4 Å². The van der Waals surface area contributed by atoms with Crippen LogP contribution in [0.4, 0.5) is 0 Å². The molecule has 162 valence electrons. The van der Waals surface area contributed by atoms with E-state index < -0.39 is 49.4 Å². The molecule has 0 amide bonds. The number of hydrogen-bond acceptors (Lipinski definition) is 5. The molecular weight excluding hydrogens is 368 g/mol. The van der Waals surface area contributed by atoms with E-state index in [-0.39, 0.29) is 36.5 Å². The highest BCUT2D eigenvalue weighted by Gasteiger charge is 2.42. The van der Waals surface area contributed by atoms with Gasteiger partial charge in [-0.2, -0.15) is 0 Å². The van der Waals surface area contributed by atoms with Gasteiger partial charge in [0.05, 0.1) is 18.4 Å². The number of cyclic esters (lactones) is 1. The quantitative estimate of drug-likeness (QED) is 0.665. The Labute approximate surface area is 183 Å². The van der Waals surface area contributed by atoms with Crippen LogP contribution in [0.15, 0.2) is 23.8 Å². The fourth-order valence-electron chi connectivity index (χ4n) is 4.81. The third-order valence-corrected chi connectivity index (χ3v) is 6.32. The van der Waals surface area contributed by atoms with Gasteiger partial charge < -0.3 is 14.6 Å². The average molecular weight is 411 g/mol. The molecule has 0 radical (unpaired) electrons. The summed E-state index contributed by atoms with van der Waals surface area (Å²) in [6, 6.07) is 0. The summed E-state index contributed by atoms with van der Waals surface area (Å²) < 4.78 is 57.8. The summed E-state index contributed by atoms with van der Waals surface area (Å²) in [7, 11) is 0. The third-order valence-electron chi connectivity index (χ3n) is 6.32. The van der Waals surface area contributed by atoms with Crippen molar-refractivity contribution in [2.45, 2.75) is 84.4 Å². The van der Waals surface area contributed by atoms with Gasteiger partial charge in [0.2, 0.25) is 0 Å². The predicted octanol–water partition coefficient (Wildman–Crippen LogP) is 4.20. The lowest BCUT2D eigenvalue weighted by atomic mass is 9.65. The summed E-state index contributed by atoms with van der Waals surface area (Å²) in [5.74, 6) is -4.46. The second kappa shape index (κ2) is 9.46. The molecule has 0 saturated carbocycles. The third kappa shape index (κ3) is 5.30. The first-order valence-corrected chi connectivity index (χ1v) is 10.6. The number of aliphatic hydroxyl groups is 1. The van der Waals surface area contributed by atoms with Crippen molar-refractivity contribution in [1.29, 1.82) is 0 Å². The molecule has 1 fully saturated rings. The first-order valence-electron chi connectivity index (χ1n) is 13.6. The fourth-order valence-corrected chi connectivity index (χ4v) is 4.81. The maximum absolute atomic E-state index is 13.0. The number of rotatable bonds is 6. The summed E-state index contributed by atoms with van der Waals surface area (Å²) in [6.07, 6.45) is 2.45. The van der Waals surface area contributed by atoms with Gasteiger partial charge in [-0.05, 0) is 49.0 Å². The van der Waals surface area contributed by atoms with Gasteiger partial charge in [0.25, 0.3) is 0 Å². The van der Waals surface area contributed by atoms with Crippen molar-refractivity contribution >= 4 is 11.9 Å². The van der Waals surface area contributed by atoms with Gasteiger partial charge >= 0.3 is 11.9 Å². The number of carbonyl (C=O) groups excluding carboxylic acids is 2. The van der Waals surface area contributed by atoms with Crippen LogP contribution < -0.4 is 0 Å². The predicted molar refractivity (Wildman–Crippen MR) is 111 cm³/mol. The molecule has 8 atom stereocenters. The summed E-state index contributed by atoms with van der Waals surface area (Å²) in [5, 5.41) is 10.1. The average Bonchev–Trinajstić information content (AvgIpc) is 2.75. The van der Waals surface area contributed by atoms with E-state index in [0.717, 1.165) is 5.57 Å². The van der Waals surface area contributed by atoms with E-state index in [1.807, 2.05) is 19.9 Å². The normalized spacial score (nSPS) is 44.2. The van der Waals surface area contributed by atoms with Crippen LogP contribution in [0.25, 0.3) is 0 Å². The van der Waals surface area contributed by atoms with Crippen molar-refractivity contribution in [3.8, 4) is 0 Å². The van der Waals surface area contributed by atoms with Gasteiger partial charge in [0.15, 0.2) is 0 Å². The van der Waals surface area contributed by atoms with Gasteiger partial charge in [0, 0.05) is 20.6 Å². The monoisotopic (exact) mass is 410 g/mol. The summed E-state index contributed by atoms with van der Waals surface area (Å²) >= 11 is 0. The molecule has 5 nitrogen and oxygen atoms in total. The lowest BCUT2D eigenvalue weighted by Gasteiger charge is -2.43. The van der Waals surface area contributed by atoms with Gasteiger partial charge in [-0.25, -0.2) is 0 Å². The van der Waals surface area contributed by atoms with Crippen LogP contribution in [-0.4, -0.2) is 35.4 Å². The van der Waals surface area contributed by atoms with Crippen LogP contribution in [-0.2, 0) is 19.1 Å². The maximum Gasteiger partial charge on any atom is 0.308 e. The van der Waals surface area contributed by atoms with E-state index in [0.29, 0.717) is 19.3 Å². The minimum atomic E-state index is -2.81. The van der Waals surface area contributed by atoms with Crippen molar-refractivity contribution in [3.63, 3.8) is 0 Å². The molecule has 0 spiro atoms. The molecule has 1 saturated heterocycles. The summed E-state index contributed by atoms with van der Waals surface area (Å²) in [6.45, 7) is 2.72. The highest BCUT2D eigenvalue weighted by molar-refractivity contribution is 5.72. The number of ether oxygens (including phenoxy) is 2. The smallest absolute Gasteiger partial charge is 0.308 e. The van der Waals surface area contributed by atoms with Gasteiger partial charge in [0.1, 0.15) is 12.2 Å². The van der Waals surface area contributed by atoms with Crippen LogP contribution in [0, 0.1) is 29.6 Å². The lowest BCUT2D eigenvalue weighted by Crippen LogP contribution is -2.42. The molecule has 2 aliphatic carbocycles. The lowest BCUT2D eigenvalue weighted by molar-refractivity contribution is -0.162. The molecule has 3 aliphatic rings. The molecule has 0 bridgehead atoms. The zero-order valence-electron chi connectivity index (χ0n) is 23.4. The van der Waals surface area contributed by atoms with Crippen LogP contribution in [0.2, 0.25) is 0 Å². The van der Waals surface area contributed by atoms with Crippen molar-refractivity contribution in [2.24, 2.45) is 29.6 Å². The van der Waals surface area contributed by atoms with Crippen LogP contribution in [0.5, 0.6) is 0 Å². The summed E-state index contributed by atoms with van der Waals surface area (Å²) in [4.78, 5) is 25.0. The first-order chi connectivity index (χ1) is 16.1. The minimum Gasteiger partial charge on any atom is -0.462 e. The largest absolute Gasteiger partial charge is 0.462 e. The highest BCUT2D eigenvalue weighted by atomic mass is 16.5. The Morgan fingerprint density at radius 1 is 1.45 bits per heavy atom. The van der Waals surface area contributed by atoms with E-state index in [2.05, 4.69) is 12.2 Å². The SMILES string of the molecule is [2H]C1([2H])C(=O)OC(CC[C@@H]2[C@@H]3C(=C[C@H](C)C[C@@H]3OC(=O)[C@]([2H])(CC)C([2H])([2H])[2H])C=C[C@@H]2C)C[C@H]1O. The Kier molecular flexibility index (Phi) is 4.97. The zero-order chi connectivity index (χ0) is 26.3. The van der Waals surface area contributed by atoms with Crippen molar-refractivity contribution in [2.75, 3.05) is 0 Å². The maximum atomic E-state index is 13.0. The Morgan fingerprint density at radius 2 is 2.24 bits per heavy atom. The van der Waals surface area contributed by atoms with E-state index in [9.17, 15) is 14.7 Å². The highest BCUT2D eigenvalue weighted by Crippen LogP contribution is 2.45. The molecule has 1 unspecified atom stereocenters. The molecule has 0 aromatic rings. The van der Waals surface area contributed by atoms with E-state index in [1.165, 1.54) is 6.92 Å². The number of allylic oxidation sites excluding steroid dienone is 3. The summed E-state index contributed by atoms with van der Waals surface area (Å²) in [5.41, 5.74) is 1.00. The van der Waals surface area contributed by atoms with Gasteiger partial charge in [-0.3, -0.25) is 9.59 Å². The van der Waals surface area contributed by atoms with E-state index in [4.69, 9.17) is 17.7 Å². The minimum absolute atomic E-state index is 0.00887. The molecule has 1 aliphatic heterocycles. The molecule has 29 heavy (non-hydrogen) atoms. The Balaban J connectivity index is 1.80. The van der Waals surface area contributed by atoms with Crippen LogP contribution >= 0.6 is 0 Å². The number of fused-ring (bicyclic) bond motifs is 1. The van der Waals surface area contributed by atoms with Crippen molar-refractivity contribution in [3.05, 3.63) is 23.8 Å². The molecule has 1 heterocycles. The number of aliphatic hydroxyl groups excluding tert-OH is 1. The Morgan fingerprint density at radius 3 is 2.93 bits per heavy atom. The topological polar surface area (TPSA) is 72.8 Å². The molecule has 0 aromatic heterocycles. The van der Waals surface area contributed by atoms with E-state index in [1.54, 1.807) is 0 Å². The van der Waals surface area contributed by atoms with E-state index >= 15 is 0 Å². The second-order valence-electron chi connectivity index (χ2n) is 8.56. The fraction of sp³-hybridized carbons (Fsp3) is 0.750. The van der Waals surface area contributed by atoms with Gasteiger partial charge in [-0.1, -0.05) is 45.9 Å².